The molecule has 3 rings (SSSR count). The number of carbonyl (C=O) groups is 2. The molecule has 27 heavy (non-hydrogen) atoms. The quantitative estimate of drug-likeness (QED) is 0.434. The number of thioether (sulfide) groups is 1. The van der Waals surface area contributed by atoms with Crippen molar-refractivity contribution in [2.24, 2.45) is 0 Å². The number of hydrogen-bond donors (Lipinski definition) is 0. The van der Waals surface area contributed by atoms with E-state index in [9.17, 15) is 19.2 Å². The lowest BCUT2D eigenvalue weighted by atomic mass is 10.2. The largest absolute Gasteiger partial charge is 0.454 e. The van der Waals surface area contributed by atoms with Gasteiger partial charge in [0.25, 0.3) is 0 Å². The molecule has 0 atom stereocenters. The Morgan fingerprint density at radius 2 is 2.04 bits per heavy atom. The van der Waals surface area contributed by atoms with Gasteiger partial charge in [0.15, 0.2) is 6.61 Å². The monoisotopic (exact) mass is 402 g/mol. The van der Waals surface area contributed by atoms with E-state index in [0.717, 1.165) is 16.6 Å². The second kappa shape index (κ2) is 7.82. The van der Waals surface area contributed by atoms with Crippen LogP contribution in [0.4, 0.5) is 10.1 Å². The van der Waals surface area contributed by atoms with Crippen molar-refractivity contribution in [2.75, 3.05) is 18.6 Å². The van der Waals surface area contributed by atoms with Crippen molar-refractivity contribution in [2.45, 2.75) is 4.90 Å². The van der Waals surface area contributed by atoms with Crippen LogP contribution in [0.15, 0.2) is 58.0 Å². The van der Waals surface area contributed by atoms with E-state index in [4.69, 9.17) is 16.3 Å². The molecule has 1 aliphatic rings. The van der Waals surface area contributed by atoms with E-state index >= 15 is 0 Å². The molecule has 0 saturated carbocycles. The highest BCUT2D eigenvalue weighted by Crippen LogP contribution is 2.46. The molecule has 0 spiro atoms. The number of anilines is 1. The van der Waals surface area contributed by atoms with Crippen molar-refractivity contribution >= 4 is 40.8 Å². The number of benzene rings is 2. The number of rotatable bonds is 4. The minimum Gasteiger partial charge on any atom is -0.454 e. The van der Waals surface area contributed by atoms with Gasteiger partial charge in [-0.05, 0) is 30.3 Å². The molecule has 0 aliphatic carbocycles. The van der Waals surface area contributed by atoms with Gasteiger partial charge in [-0.3, -0.25) is 4.79 Å². The molecule has 0 amide bonds. The summed E-state index contributed by atoms with van der Waals surface area (Å²) in [6.07, 6.45) is 0. The van der Waals surface area contributed by atoms with Gasteiger partial charge in [0, 0.05) is 17.0 Å². The van der Waals surface area contributed by atoms with Gasteiger partial charge in [0.1, 0.15) is 22.5 Å². The Morgan fingerprint density at radius 1 is 1.30 bits per heavy atom. The molecule has 2 aromatic carbocycles. The van der Waals surface area contributed by atoms with Crippen molar-refractivity contribution in [1.82, 2.24) is 0 Å². The van der Waals surface area contributed by atoms with Crippen LogP contribution in [0.1, 0.15) is 10.4 Å². The first kappa shape index (κ1) is 19.0. The van der Waals surface area contributed by atoms with Crippen LogP contribution >= 0.6 is 23.4 Å². The molecule has 1 aliphatic heterocycles. The van der Waals surface area contributed by atoms with Gasteiger partial charge in [-0.1, -0.05) is 35.5 Å². The predicted molar refractivity (Wildman–Crippen MR) is 100 cm³/mol. The molecule has 0 radical (unpaired) electrons. The van der Waals surface area contributed by atoms with Crippen LogP contribution < -0.4 is 4.90 Å². The minimum absolute atomic E-state index is 0.122. The number of hydrogen-bond acceptors (Lipinski definition) is 6. The van der Waals surface area contributed by atoms with Crippen LogP contribution in [0.2, 0.25) is 5.02 Å². The predicted octanol–water partition coefficient (Wildman–Crippen LogP) is 4.18. The Balaban J connectivity index is 1.75. The molecule has 8 heteroatoms. The first-order chi connectivity index (χ1) is 12.9. The maximum atomic E-state index is 13.8. The third-order valence-corrected chi connectivity index (χ3v) is 5.30. The zero-order valence-corrected chi connectivity index (χ0v) is 15.6. The molecular weight excluding hydrogens is 391 g/mol. The van der Waals surface area contributed by atoms with Crippen molar-refractivity contribution < 1.29 is 18.7 Å². The first-order valence-electron chi connectivity index (χ1n) is 7.72. The third-order valence-electron chi connectivity index (χ3n) is 3.83. The highest BCUT2D eigenvalue weighted by atomic mass is 35.5. The van der Waals surface area contributed by atoms with Crippen LogP contribution in [0.25, 0.3) is 0 Å². The SMILES string of the molecule is CN1/C(=C(/C#N)C(=O)COC(=O)c2ccc(Cl)cc2F)Sc2ccccc21. The Hall–Kier alpha value is -2.82. The zero-order valence-electron chi connectivity index (χ0n) is 14.0. The van der Waals surface area contributed by atoms with E-state index in [1.54, 1.807) is 11.9 Å². The van der Waals surface area contributed by atoms with E-state index < -0.39 is 24.2 Å². The van der Waals surface area contributed by atoms with E-state index in [0.29, 0.717) is 5.03 Å². The van der Waals surface area contributed by atoms with Gasteiger partial charge in [-0.25, -0.2) is 9.18 Å². The molecule has 5 nitrogen and oxygen atoms in total. The lowest BCUT2D eigenvalue weighted by Gasteiger charge is -2.14. The lowest BCUT2D eigenvalue weighted by molar-refractivity contribution is -0.118. The summed E-state index contributed by atoms with van der Waals surface area (Å²) in [5, 5.41) is 10.0. The standard InChI is InChI=1S/C19H12ClFN2O3S/c1-23-15-4-2-3-5-17(15)27-18(23)13(9-22)16(24)10-26-19(25)12-7-6-11(20)8-14(12)21/h2-8H,10H2,1H3/b18-13+. The highest BCUT2D eigenvalue weighted by Gasteiger charge is 2.28. The number of ether oxygens (including phenoxy) is 1. The molecule has 0 bridgehead atoms. The van der Waals surface area contributed by atoms with Crippen LogP contribution in [-0.4, -0.2) is 25.4 Å². The second-order valence-corrected chi connectivity index (χ2v) is 7.01. The summed E-state index contributed by atoms with van der Waals surface area (Å²) in [6.45, 7) is -0.669. The Kier molecular flexibility index (Phi) is 5.49. The Labute approximate surface area is 164 Å². The fourth-order valence-electron chi connectivity index (χ4n) is 2.49. The first-order valence-corrected chi connectivity index (χ1v) is 8.92. The van der Waals surface area contributed by atoms with Gasteiger partial charge >= 0.3 is 5.97 Å². The third kappa shape index (κ3) is 3.82. The summed E-state index contributed by atoms with van der Waals surface area (Å²) >= 11 is 6.93. The molecule has 2 aromatic rings. The summed E-state index contributed by atoms with van der Waals surface area (Å²) < 4.78 is 18.6. The van der Waals surface area contributed by atoms with Gasteiger partial charge in [-0.15, -0.1) is 0 Å². The summed E-state index contributed by atoms with van der Waals surface area (Å²) in [7, 11) is 1.74. The molecule has 0 saturated heterocycles. The maximum Gasteiger partial charge on any atom is 0.341 e. The average molecular weight is 403 g/mol. The van der Waals surface area contributed by atoms with Gasteiger partial charge < -0.3 is 9.64 Å². The molecule has 1 heterocycles. The normalized spacial score (nSPS) is 14.4. The van der Waals surface area contributed by atoms with Gasteiger partial charge in [-0.2, -0.15) is 5.26 Å². The number of ketones is 1. The van der Waals surface area contributed by atoms with E-state index in [1.807, 2.05) is 30.3 Å². The van der Waals surface area contributed by atoms with Crippen LogP contribution in [0.5, 0.6) is 0 Å². The fourth-order valence-corrected chi connectivity index (χ4v) is 3.81. The summed E-state index contributed by atoms with van der Waals surface area (Å²) in [6, 6.07) is 12.8. The number of para-hydroxylation sites is 1. The smallest absolute Gasteiger partial charge is 0.341 e. The molecule has 0 fully saturated rings. The molecule has 0 N–H and O–H groups in total. The van der Waals surface area contributed by atoms with Crippen molar-refractivity contribution in [1.29, 1.82) is 5.26 Å². The fraction of sp³-hybridized carbons (Fsp3) is 0.105. The van der Waals surface area contributed by atoms with Gasteiger partial charge in [0.2, 0.25) is 5.78 Å². The number of carbonyl (C=O) groups excluding carboxylic acids is 2. The number of Topliss-reactive ketones (excluding diaryl/α,β-unsaturated/α-hetero) is 1. The van der Waals surface area contributed by atoms with Crippen LogP contribution in [0, 0.1) is 17.1 Å². The molecule has 0 unspecified atom stereocenters. The molecule has 136 valence electrons. The number of nitriles is 1. The number of esters is 1. The van der Waals surface area contributed by atoms with E-state index in [1.165, 1.54) is 23.9 Å². The van der Waals surface area contributed by atoms with Gasteiger partial charge in [0.05, 0.1) is 11.3 Å². The minimum atomic E-state index is -1.00. The van der Waals surface area contributed by atoms with Crippen LogP contribution in [0.3, 0.4) is 0 Å². The molecule has 0 aromatic heterocycles. The number of fused-ring (bicyclic) bond motifs is 1. The molecular formula is C19H12ClFN2O3S. The van der Waals surface area contributed by atoms with Crippen molar-refractivity contribution in [3.8, 4) is 6.07 Å². The van der Waals surface area contributed by atoms with E-state index in [2.05, 4.69) is 0 Å². The maximum absolute atomic E-state index is 13.8. The second-order valence-electron chi connectivity index (χ2n) is 5.54. The van der Waals surface area contributed by atoms with E-state index in [-0.39, 0.29) is 16.2 Å². The van der Waals surface area contributed by atoms with Crippen molar-refractivity contribution in [3.63, 3.8) is 0 Å². The number of halogens is 2. The average Bonchev–Trinajstić information content (AvgIpc) is 2.97. The summed E-state index contributed by atoms with van der Waals surface area (Å²) in [4.78, 5) is 27.1. The number of nitrogens with zero attached hydrogens (tertiary/aromatic N) is 2. The van der Waals surface area contributed by atoms with Crippen molar-refractivity contribution in [3.05, 3.63) is 69.5 Å². The zero-order chi connectivity index (χ0) is 19.6. The lowest BCUT2D eigenvalue weighted by Crippen LogP contribution is -2.20. The Morgan fingerprint density at radius 3 is 2.70 bits per heavy atom. The van der Waals surface area contributed by atoms with Crippen LogP contribution in [-0.2, 0) is 9.53 Å². The topological polar surface area (TPSA) is 70.4 Å². The summed E-state index contributed by atoms with van der Waals surface area (Å²) in [5.41, 5.74) is 0.416. The highest BCUT2D eigenvalue weighted by molar-refractivity contribution is 8.03. The summed E-state index contributed by atoms with van der Waals surface area (Å²) in [5.74, 6) is -2.52. The Bertz CT molecular complexity index is 1020.